The smallest absolute Gasteiger partial charge is 0.321 e. The normalized spacial score (nSPS) is 10.2. The van der Waals surface area contributed by atoms with E-state index in [0.29, 0.717) is 17.3 Å². The van der Waals surface area contributed by atoms with E-state index in [1.54, 1.807) is 13.1 Å². The SMILES string of the molecule is CN(Cc1cccc(Cl)c1)C(=O)Nc1ccc(F)cc1. The average Bonchev–Trinajstić information content (AvgIpc) is 2.41. The van der Waals surface area contributed by atoms with Crippen LogP contribution in [0.2, 0.25) is 5.02 Å². The van der Waals surface area contributed by atoms with Crippen LogP contribution in [0.15, 0.2) is 48.5 Å². The van der Waals surface area contributed by atoms with Crippen molar-refractivity contribution in [2.24, 2.45) is 0 Å². The van der Waals surface area contributed by atoms with Gasteiger partial charge < -0.3 is 10.2 Å². The molecule has 104 valence electrons. The number of nitrogens with one attached hydrogen (secondary N) is 1. The third-order valence-corrected chi connectivity index (χ3v) is 2.99. The Bertz CT molecular complexity index is 601. The molecule has 0 fully saturated rings. The summed E-state index contributed by atoms with van der Waals surface area (Å²) >= 11 is 5.90. The number of amides is 2. The van der Waals surface area contributed by atoms with E-state index in [0.717, 1.165) is 5.56 Å². The van der Waals surface area contributed by atoms with Crippen LogP contribution >= 0.6 is 11.6 Å². The molecule has 0 saturated heterocycles. The van der Waals surface area contributed by atoms with Gasteiger partial charge >= 0.3 is 6.03 Å². The topological polar surface area (TPSA) is 32.3 Å². The third-order valence-electron chi connectivity index (χ3n) is 2.75. The number of benzene rings is 2. The highest BCUT2D eigenvalue weighted by Gasteiger charge is 2.09. The van der Waals surface area contributed by atoms with Crippen LogP contribution in [0.4, 0.5) is 14.9 Å². The molecule has 0 bridgehead atoms. The van der Waals surface area contributed by atoms with Gasteiger partial charge in [0.2, 0.25) is 0 Å². The van der Waals surface area contributed by atoms with Crippen LogP contribution in [0.25, 0.3) is 0 Å². The van der Waals surface area contributed by atoms with Crippen molar-refractivity contribution in [2.45, 2.75) is 6.54 Å². The number of anilines is 1. The van der Waals surface area contributed by atoms with Gasteiger partial charge in [0.1, 0.15) is 5.82 Å². The fraction of sp³-hybridized carbons (Fsp3) is 0.133. The summed E-state index contributed by atoms with van der Waals surface area (Å²) in [6.45, 7) is 0.438. The number of rotatable bonds is 3. The second kappa shape index (κ2) is 6.39. The van der Waals surface area contributed by atoms with Gasteiger partial charge in [-0.05, 0) is 42.0 Å². The molecule has 2 aromatic carbocycles. The summed E-state index contributed by atoms with van der Waals surface area (Å²) < 4.78 is 12.8. The summed E-state index contributed by atoms with van der Waals surface area (Å²) in [5, 5.41) is 3.33. The lowest BCUT2D eigenvalue weighted by molar-refractivity contribution is 0.220. The molecule has 3 nitrogen and oxygen atoms in total. The lowest BCUT2D eigenvalue weighted by atomic mass is 10.2. The molecule has 0 radical (unpaired) electrons. The molecule has 0 atom stereocenters. The van der Waals surface area contributed by atoms with E-state index < -0.39 is 0 Å². The van der Waals surface area contributed by atoms with E-state index >= 15 is 0 Å². The van der Waals surface area contributed by atoms with Crippen LogP contribution in [0.1, 0.15) is 5.56 Å². The van der Waals surface area contributed by atoms with Gasteiger partial charge in [-0.3, -0.25) is 0 Å². The second-order valence-corrected chi connectivity index (χ2v) is 4.86. The van der Waals surface area contributed by atoms with Crippen molar-refractivity contribution in [1.29, 1.82) is 0 Å². The lowest BCUT2D eigenvalue weighted by Crippen LogP contribution is -2.30. The summed E-state index contributed by atoms with van der Waals surface area (Å²) in [5.74, 6) is -0.338. The Morgan fingerprint density at radius 1 is 1.25 bits per heavy atom. The molecule has 0 heterocycles. The molecule has 2 rings (SSSR count). The maximum atomic E-state index is 12.8. The van der Waals surface area contributed by atoms with Crippen LogP contribution in [0.5, 0.6) is 0 Å². The molecular formula is C15H14ClFN2O. The predicted octanol–water partition coefficient (Wildman–Crippen LogP) is 4.14. The maximum absolute atomic E-state index is 12.8. The zero-order valence-corrected chi connectivity index (χ0v) is 11.7. The zero-order chi connectivity index (χ0) is 14.5. The molecule has 2 aromatic rings. The quantitative estimate of drug-likeness (QED) is 0.906. The summed E-state index contributed by atoms with van der Waals surface area (Å²) in [6, 6.07) is 12.7. The number of halogens is 2. The second-order valence-electron chi connectivity index (χ2n) is 4.42. The highest BCUT2D eigenvalue weighted by Crippen LogP contribution is 2.13. The molecule has 0 aliphatic heterocycles. The highest BCUT2D eigenvalue weighted by molar-refractivity contribution is 6.30. The highest BCUT2D eigenvalue weighted by atomic mass is 35.5. The van der Waals surface area contributed by atoms with Crippen LogP contribution in [0, 0.1) is 5.82 Å². The zero-order valence-electron chi connectivity index (χ0n) is 10.9. The first kappa shape index (κ1) is 14.3. The number of carbonyl (C=O) groups is 1. The lowest BCUT2D eigenvalue weighted by Gasteiger charge is -2.18. The molecule has 2 amide bonds. The third kappa shape index (κ3) is 3.96. The monoisotopic (exact) mass is 292 g/mol. The van der Waals surface area contributed by atoms with E-state index in [9.17, 15) is 9.18 Å². The number of nitrogens with zero attached hydrogens (tertiary/aromatic N) is 1. The largest absolute Gasteiger partial charge is 0.323 e. The van der Waals surface area contributed by atoms with Crippen LogP contribution in [0.3, 0.4) is 0 Å². The summed E-state index contributed by atoms with van der Waals surface area (Å²) in [6.07, 6.45) is 0. The van der Waals surface area contributed by atoms with Gasteiger partial charge in [0.05, 0.1) is 0 Å². The van der Waals surface area contributed by atoms with Crippen LogP contribution in [-0.2, 0) is 6.54 Å². The van der Waals surface area contributed by atoms with E-state index in [-0.39, 0.29) is 11.8 Å². The standard InChI is InChI=1S/C15H14ClFN2O/c1-19(10-11-3-2-4-12(16)9-11)15(20)18-14-7-5-13(17)6-8-14/h2-9H,10H2,1H3,(H,18,20). The summed E-state index contributed by atoms with van der Waals surface area (Å²) in [7, 11) is 1.68. The van der Waals surface area contributed by atoms with Gasteiger partial charge in [0.15, 0.2) is 0 Å². The van der Waals surface area contributed by atoms with Gasteiger partial charge in [-0.2, -0.15) is 0 Å². The Morgan fingerprint density at radius 3 is 2.60 bits per heavy atom. The average molecular weight is 293 g/mol. The Morgan fingerprint density at radius 2 is 1.95 bits per heavy atom. The van der Waals surface area contributed by atoms with Crippen LogP contribution in [-0.4, -0.2) is 18.0 Å². The molecule has 5 heteroatoms. The molecule has 0 aromatic heterocycles. The van der Waals surface area contributed by atoms with Crippen molar-refractivity contribution in [3.8, 4) is 0 Å². The van der Waals surface area contributed by atoms with E-state index in [1.807, 2.05) is 18.2 Å². The van der Waals surface area contributed by atoms with Gasteiger partial charge in [0.25, 0.3) is 0 Å². The Hall–Kier alpha value is -2.07. The molecule has 0 saturated carbocycles. The first-order chi connectivity index (χ1) is 9.54. The van der Waals surface area contributed by atoms with Gasteiger partial charge in [-0.1, -0.05) is 23.7 Å². The number of hydrogen-bond donors (Lipinski definition) is 1. The van der Waals surface area contributed by atoms with Crippen molar-refractivity contribution in [3.63, 3.8) is 0 Å². The van der Waals surface area contributed by atoms with Crippen molar-refractivity contribution in [1.82, 2.24) is 4.90 Å². The first-order valence-electron chi connectivity index (χ1n) is 6.07. The molecule has 0 aliphatic carbocycles. The van der Waals surface area contributed by atoms with E-state index in [4.69, 9.17) is 11.6 Å². The Labute approximate surface area is 122 Å². The Kier molecular flexibility index (Phi) is 4.58. The van der Waals surface area contributed by atoms with Crippen molar-refractivity contribution < 1.29 is 9.18 Å². The number of urea groups is 1. The number of hydrogen-bond acceptors (Lipinski definition) is 1. The molecule has 20 heavy (non-hydrogen) atoms. The molecule has 0 aliphatic rings. The van der Waals surface area contributed by atoms with Gasteiger partial charge in [0, 0.05) is 24.3 Å². The maximum Gasteiger partial charge on any atom is 0.321 e. The van der Waals surface area contributed by atoms with Crippen LogP contribution < -0.4 is 5.32 Å². The molecule has 0 unspecified atom stereocenters. The first-order valence-corrected chi connectivity index (χ1v) is 6.44. The Balaban J connectivity index is 1.96. The van der Waals surface area contributed by atoms with E-state index in [2.05, 4.69) is 5.32 Å². The molecular weight excluding hydrogens is 279 g/mol. The number of carbonyl (C=O) groups excluding carboxylic acids is 1. The van der Waals surface area contributed by atoms with Gasteiger partial charge in [-0.25, -0.2) is 9.18 Å². The van der Waals surface area contributed by atoms with Gasteiger partial charge in [-0.15, -0.1) is 0 Å². The predicted molar refractivity (Wildman–Crippen MR) is 78.3 cm³/mol. The molecule has 0 spiro atoms. The van der Waals surface area contributed by atoms with Crippen molar-refractivity contribution >= 4 is 23.3 Å². The molecule has 1 N–H and O–H groups in total. The van der Waals surface area contributed by atoms with Crippen molar-refractivity contribution in [2.75, 3.05) is 12.4 Å². The van der Waals surface area contributed by atoms with Crippen molar-refractivity contribution in [3.05, 3.63) is 64.9 Å². The summed E-state index contributed by atoms with van der Waals surface area (Å²) in [5.41, 5.74) is 1.49. The fourth-order valence-electron chi connectivity index (χ4n) is 1.73. The minimum absolute atomic E-state index is 0.267. The fourth-order valence-corrected chi connectivity index (χ4v) is 1.95. The minimum Gasteiger partial charge on any atom is -0.323 e. The minimum atomic E-state index is -0.338. The van der Waals surface area contributed by atoms with E-state index in [1.165, 1.54) is 29.2 Å². The summed E-state index contributed by atoms with van der Waals surface area (Å²) in [4.78, 5) is 13.5.